The Hall–Kier alpha value is -3.18. The van der Waals surface area contributed by atoms with E-state index in [9.17, 15) is 4.79 Å². The van der Waals surface area contributed by atoms with Crippen LogP contribution in [0.2, 0.25) is 0 Å². The minimum atomic E-state index is -0.813. The second kappa shape index (κ2) is 7.59. The number of nitriles is 1. The van der Waals surface area contributed by atoms with Crippen LogP contribution in [0.15, 0.2) is 45.6 Å². The molecule has 0 spiro atoms. The predicted octanol–water partition coefficient (Wildman–Crippen LogP) is 3.18. The molecule has 0 aliphatic rings. The molecule has 0 saturated carbocycles. The molecule has 0 amide bonds. The van der Waals surface area contributed by atoms with Gasteiger partial charge in [0.1, 0.15) is 5.75 Å². The van der Waals surface area contributed by atoms with Crippen molar-refractivity contribution < 1.29 is 18.8 Å². The number of thiophene rings is 1. The zero-order valence-corrected chi connectivity index (χ0v) is 14.0. The van der Waals surface area contributed by atoms with Crippen molar-refractivity contribution in [3.05, 3.63) is 52.5 Å². The maximum absolute atomic E-state index is 12.0. The van der Waals surface area contributed by atoms with E-state index in [2.05, 4.69) is 10.1 Å². The first-order chi connectivity index (χ1) is 12.2. The Balaban J connectivity index is 1.52. The van der Waals surface area contributed by atoms with Gasteiger partial charge in [0.05, 0.1) is 11.6 Å². The smallest absolute Gasteiger partial charge is 0.347 e. The van der Waals surface area contributed by atoms with Gasteiger partial charge in [-0.05, 0) is 42.6 Å². The van der Waals surface area contributed by atoms with Crippen molar-refractivity contribution >= 4 is 17.3 Å². The lowest BCUT2D eigenvalue weighted by Crippen LogP contribution is -2.26. The molecule has 0 radical (unpaired) electrons. The molecular formula is C17H13N3O4S. The molecule has 0 fully saturated rings. The number of benzene rings is 1. The molecule has 3 rings (SSSR count). The normalized spacial score (nSPS) is 11.5. The molecule has 0 unspecified atom stereocenters. The SMILES string of the molecule is C[C@@H](Oc1ccc(C#N)cc1)C(=O)OCc1nc(-c2ccsc2)no1. The summed E-state index contributed by atoms with van der Waals surface area (Å²) in [4.78, 5) is 16.2. The fourth-order valence-corrected chi connectivity index (χ4v) is 2.57. The largest absolute Gasteiger partial charge is 0.479 e. The zero-order valence-electron chi connectivity index (χ0n) is 13.2. The molecule has 1 atom stereocenters. The van der Waals surface area contributed by atoms with Crippen molar-refractivity contribution in [3.63, 3.8) is 0 Å². The van der Waals surface area contributed by atoms with Gasteiger partial charge in [0.2, 0.25) is 5.82 Å². The Morgan fingerprint density at radius 1 is 1.36 bits per heavy atom. The van der Waals surface area contributed by atoms with Crippen LogP contribution < -0.4 is 4.74 Å². The zero-order chi connectivity index (χ0) is 17.6. The van der Waals surface area contributed by atoms with E-state index in [1.165, 1.54) is 11.3 Å². The fourth-order valence-electron chi connectivity index (χ4n) is 1.93. The maximum atomic E-state index is 12.0. The topological polar surface area (TPSA) is 98.2 Å². The molecule has 25 heavy (non-hydrogen) atoms. The summed E-state index contributed by atoms with van der Waals surface area (Å²) in [6, 6.07) is 10.3. The van der Waals surface area contributed by atoms with Crippen LogP contribution in [0.3, 0.4) is 0 Å². The van der Waals surface area contributed by atoms with Gasteiger partial charge >= 0.3 is 5.97 Å². The summed E-state index contributed by atoms with van der Waals surface area (Å²) in [6.07, 6.45) is -0.813. The summed E-state index contributed by atoms with van der Waals surface area (Å²) in [5.74, 6) is 0.579. The van der Waals surface area contributed by atoms with Gasteiger partial charge in [-0.25, -0.2) is 4.79 Å². The second-order valence-corrected chi connectivity index (χ2v) is 5.81. The maximum Gasteiger partial charge on any atom is 0.347 e. The lowest BCUT2D eigenvalue weighted by molar-refractivity contribution is -0.153. The molecule has 0 N–H and O–H groups in total. The first-order valence-electron chi connectivity index (χ1n) is 7.34. The van der Waals surface area contributed by atoms with Gasteiger partial charge in [0, 0.05) is 10.9 Å². The number of hydrogen-bond donors (Lipinski definition) is 0. The van der Waals surface area contributed by atoms with Crippen LogP contribution in [0.1, 0.15) is 18.4 Å². The monoisotopic (exact) mass is 355 g/mol. The van der Waals surface area contributed by atoms with Crippen molar-refractivity contribution in [1.82, 2.24) is 10.1 Å². The Kier molecular flexibility index (Phi) is 5.06. The molecule has 8 heteroatoms. The number of hydrogen-bond acceptors (Lipinski definition) is 8. The second-order valence-electron chi connectivity index (χ2n) is 5.03. The highest BCUT2D eigenvalue weighted by Crippen LogP contribution is 2.19. The molecule has 0 aliphatic carbocycles. The number of carbonyl (C=O) groups is 1. The van der Waals surface area contributed by atoms with Gasteiger partial charge in [-0.15, -0.1) is 0 Å². The van der Waals surface area contributed by atoms with Crippen LogP contribution in [0, 0.1) is 11.3 Å². The van der Waals surface area contributed by atoms with Crippen LogP contribution in [-0.2, 0) is 16.1 Å². The number of ether oxygens (including phenoxy) is 2. The van der Waals surface area contributed by atoms with Crippen LogP contribution in [0.25, 0.3) is 11.4 Å². The van der Waals surface area contributed by atoms with Gasteiger partial charge in [-0.2, -0.15) is 21.6 Å². The number of rotatable bonds is 6. The summed E-state index contributed by atoms with van der Waals surface area (Å²) in [7, 11) is 0. The third kappa shape index (κ3) is 4.22. The summed E-state index contributed by atoms with van der Waals surface area (Å²) >= 11 is 1.53. The summed E-state index contributed by atoms with van der Waals surface area (Å²) in [6.45, 7) is 1.45. The lowest BCUT2D eigenvalue weighted by atomic mass is 10.2. The highest BCUT2D eigenvalue weighted by Gasteiger charge is 2.18. The van der Waals surface area contributed by atoms with Crippen molar-refractivity contribution in [1.29, 1.82) is 5.26 Å². The van der Waals surface area contributed by atoms with E-state index in [1.54, 1.807) is 31.2 Å². The third-order valence-corrected chi connectivity index (χ3v) is 3.90. The summed E-state index contributed by atoms with van der Waals surface area (Å²) in [5, 5.41) is 16.4. The van der Waals surface area contributed by atoms with Crippen LogP contribution >= 0.6 is 11.3 Å². The lowest BCUT2D eigenvalue weighted by Gasteiger charge is -2.13. The van der Waals surface area contributed by atoms with E-state index in [1.807, 2.05) is 22.9 Å². The Bertz CT molecular complexity index is 882. The van der Waals surface area contributed by atoms with Crippen LogP contribution in [0.5, 0.6) is 5.75 Å². The summed E-state index contributed by atoms with van der Waals surface area (Å²) in [5.41, 5.74) is 1.37. The van der Waals surface area contributed by atoms with E-state index in [4.69, 9.17) is 19.3 Å². The number of aromatic nitrogens is 2. The molecule has 3 aromatic rings. The average Bonchev–Trinajstić information content (AvgIpc) is 3.31. The van der Waals surface area contributed by atoms with Crippen LogP contribution in [0.4, 0.5) is 0 Å². The van der Waals surface area contributed by atoms with Gasteiger partial charge in [0.25, 0.3) is 5.89 Å². The van der Waals surface area contributed by atoms with E-state index in [0.29, 0.717) is 17.1 Å². The first-order valence-corrected chi connectivity index (χ1v) is 8.28. The van der Waals surface area contributed by atoms with Gasteiger partial charge in [-0.1, -0.05) is 5.16 Å². The molecule has 0 saturated heterocycles. The van der Waals surface area contributed by atoms with E-state index in [0.717, 1.165) is 5.56 Å². The van der Waals surface area contributed by atoms with Gasteiger partial charge < -0.3 is 14.0 Å². The molecular weight excluding hydrogens is 342 g/mol. The molecule has 0 aliphatic heterocycles. The first kappa shape index (κ1) is 16.7. The number of nitrogens with zero attached hydrogens (tertiary/aromatic N) is 3. The minimum absolute atomic E-state index is 0.128. The Morgan fingerprint density at radius 3 is 2.84 bits per heavy atom. The molecule has 126 valence electrons. The third-order valence-electron chi connectivity index (χ3n) is 3.21. The molecule has 0 bridgehead atoms. The summed E-state index contributed by atoms with van der Waals surface area (Å²) < 4.78 is 15.7. The van der Waals surface area contributed by atoms with E-state index in [-0.39, 0.29) is 12.5 Å². The van der Waals surface area contributed by atoms with E-state index >= 15 is 0 Å². The van der Waals surface area contributed by atoms with Gasteiger partial charge in [-0.3, -0.25) is 0 Å². The highest BCUT2D eigenvalue weighted by atomic mass is 32.1. The van der Waals surface area contributed by atoms with Crippen molar-refractivity contribution in [2.24, 2.45) is 0 Å². The number of esters is 1. The average molecular weight is 355 g/mol. The Labute approximate surface area is 147 Å². The fraction of sp³-hybridized carbons (Fsp3) is 0.176. The van der Waals surface area contributed by atoms with Crippen LogP contribution in [-0.4, -0.2) is 22.2 Å². The Morgan fingerprint density at radius 2 is 2.16 bits per heavy atom. The highest BCUT2D eigenvalue weighted by molar-refractivity contribution is 7.08. The van der Waals surface area contributed by atoms with Crippen molar-refractivity contribution in [2.75, 3.05) is 0 Å². The molecule has 2 aromatic heterocycles. The van der Waals surface area contributed by atoms with Gasteiger partial charge in [0.15, 0.2) is 12.7 Å². The molecule has 2 heterocycles. The predicted molar refractivity (Wildman–Crippen MR) is 88.7 cm³/mol. The standard InChI is InChI=1S/C17H13N3O4S/c1-11(23-14-4-2-12(8-18)3-5-14)17(21)22-9-15-19-16(20-24-15)13-6-7-25-10-13/h2-7,10-11H,9H2,1H3/t11-/m1/s1. The minimum Gasteiger partial charge on any atom is -0.479 e. The van der Waals surface area contributed by atoms with Crippen molar-refractivity contribution in [3.8, 4) is 23.2 Å². The molecule has 7 nitrogen and oxygen atoms in total. The quantitative estimate of drug-likeness (QED) is 0.626. The molecule has 1 aromatic carbocycles. The van der Waals surface area contributed by atoms with Crippen molar-refractivity contribution in [2.45, 2.75) is 19.6 Å². The van der Waals surface area contributed by atoms with E-state index < -0.39 is 12.1 Å². The number of carbonyl (C=O) groups excluding carboxylic acids is 1.